The third kappa shape index (κ3) is 2.92. The lowest BCUT2D eigenvalue weighted by molar-refractivity contribution is 0.880. The van der Waals surface area contributed by atoms with E-state index < -0.39 is 0 Å². The number of hydrogen-bond acceptors (Lipinski definition) is 2. The molecule has 0 saturated carbocycles. The molecule has 0 saturated heterocycles. The second-order valence-electron chi connectivity index (χ2n) is 4.44. The van der Waals surface area contributed by atoms with Crippen LogP contribution in [0.25, 0.3) is 0 Å². The van der Waals surface area contributed by atoms with Crippen molar-refractivity contribution in [3.8, 4) is 0 Å². The maximum atomic E-state index is 4.76. The van der Waals surface area contributed by atoms with Crippen LogP contribution in [0.5, 0.6) is 0 Å². The lowest BCUT2D eigenvalue weighted by Crippen LogP contribution is -1.97. The smallest absolute Gasteiger partial charge is 0.110 e. The lowest BCUT2D eigenvalue weighted by atomic mass is 9.98. The fourth-order valence-corrected chi connectivity index (χ4v) is 2.00. The Morgan fingerprint density at radius 3 is 1.56 bits per heavy atom. The summed E-state index contributed by atoms with van der Waals surface area (Å²) in [5.41, 5.74) is 4.77. The zero-order chi connectivity index (χ0) is 13.0. The molecule has 2 aromatic carbocycles. The summed E-state index contributed by atoms with van der Waals surface area (Å²) in [4.78, 5) is 4.29. The average molecular weight is 253 g/mol. The Bertz CT molecular complexity index is 518. The van der Waals surface area contributed by atoms with Gasteiger partial charge in [-0.15, -0.1) is 0 Å². The molecule has 0 spiro atoms. The molecule has 0 unspecified atom stereocenters. The Morgan fingerprint density at radius 2 is 1.22 bits per heavy atom. The third-order valence-corrected chi connectivity index (χ3v) is 3.07. The van der Waals surface area contributed by atoms with E-state index in [-0.39, 0.29) is 6.04 Å². The maximum Gasteiger partial charge on any atom is 0.110 e. The Balaban J connectivity index is 2.42. The fraction of sp³-hybridized carbons (Fsp3) is 0.188. The molecule has 0 heterocycles. The van der Waals surface area contributed by atoms with Crippen LogP contribution in [-0.4, -0.2) is 5.16 Å². The van der Waals surface area contributed by atoms with Crippen LogP contribution in [-0.2, 0) is 0 Å². The van der Waals surface area contributed by atoms with E-state index >= 15 is 0 Å². The summed E-state index contributed by atoms with van der Waals surface area (Å²) < 4.78 is 0. The van der Waals surface area contributed by atoms with Gasteiger partial charge in [0.05, 0.1) is 5.16 Å². The number of thiocarbonyl (C=S) groups is 1. The second-order valence-corrected chi connectivity index (χ2v) is 4.63. The Labute approximate surface area is 113 Å². The van der Waals surface area contributed by atoms with Gasteiger partial charge in [-0.25, -0.2) is 4.99 Å². The molecule has 0 aliphatic carbocycles. The highest BCUT2D eigenvalue weighted by atomic mass is 32.1. The van der Waals surface area contributed by atoms with Gasteiger partial charge < -0.3 is 0 Å². The zero-order valence-corrected chi connectivity index (χ0v) is 11.4. The maximum absolute atomic E-state index is 4.76. The van der Waals surface area contributed by atoms with Crippen molar-refractivity contribution >= 4 is 17.4 Å². The summed E-state index contributed by atoms with van der Waals surface area (Å²) in [5, 5.41) is 2.50. The highest BCUT2D eigenvalue weighted by Crippen LogP contribution is 2.26. The molecule has 1 nitrogen and oxygen atoms in total. The minimum absolute atomic E-state index is 0.0521. The van der Waals surface area contributed by atoms with E-state index in [1.165, 1.54) is 11.1 Å². The molecule has 0 aliphatic rings. The number of benzene rings is 2. The van der Waals surface area contributed by atoms with Gasteiger partial charge in [0.1, 0.15) is 6.04 Å². The predicted molar refractivity (Wildman–Crippen MR) is 79.2 cm³/mol. The predicted octanol–water partition coefficient (Wildman–Crippen LogP) is 4.50. The Kier molecular flexibility index (Phi) is 4.03. The van der Waals surface area contributed by atoms with Crippen molar-refractivity contribution in [3.05, 3.63) is 70.8 Å². The number of nitrogens with zero attached hydrogens (tertiary/aromatic N) is 1. The number of hydrogen-bond donors (Lipinski definition) is 0. The van der Waals surface area contributed by atoms with Crippen molar-refractivity contribution in [2.75, 3.05) is 0 Å². The van der Waals surface area contributed by atoms with Crippen molar-refractivity contribution in [2.24, 2.45) is 4.99 Å². The summed E-state index contributed by atoms with van der Waals surface area (Å²) in [5.74, 6) is 0. The van der Waals surface area contributed by atoms with Crippen molar-refractivity contribution < 1.29 is 0 Å². The number of aryl methyl sites for hydroxylation is 2. The number of aliphatic imine (C=N–C) groups is 1. The summed E-state index contributed by atoms with van der Waals surface area (Å²) >= 11 is 4.76. The molecule has 0 bridgehead atoms. The third-order valence-electron chi connectivity index (χ3n) is 2.97. The van der Waals surface area contributed by atoms with Crippen LogP contribution >= 0.6 is 12.2 Å². The quantitative estimate of drug-likeness (QED) is 0.579. The van der Waals surface area contributed by atoms with Gasteiger partial charge in [-0.2, -0.15) is 0 Å². The first-order valence-electron chi connectivity index (χ1n) is 5.91. The van der Waals surface area contributed by atoms with Crippen LogP contribution in [0.2, 0.25) is 0 Å². The van der Waals surface area contributed by atoms with Gasteiger partial charge in [0.2, 0.25) is 0 Å². The average Bonchev–Trinajstić information content (AvgIpc) is 2.39. The van der Waals surface area contributed by atoms with Crippen LogP contribution in [0, 0.1) is 13.8 Å². The van der Waals surface area contributed by atoms with Crippen molar-refractivity contribution in [2.45, 2.75) is 19.9 Å². The van der Waals surface area contributed by atoms with E-state index in [9.17, 15) is 0 Å². The van der Waals surface area contributed by atoms with Gasteiger partial charge in [-0.3, -0.25) is 0 Å². The molecule has 2 heteroatoms. The first-order valence-corrected chi connectivity index (χ1v) is 6.31. The van der Waals surface area contributed by atoms with Gasteiger partial charge in [0, 0.05) is 0 Å². The van der Waals surface area contributed by atoms with Gasteiger partial charge in [-0.05, 0) is 37.2 Å². The van der Waals surface area contributed by atoms with Crippen LogP contribution in [0.3, 0.4) is 0 Å². The normalized spacial score (nSPS) is 10.2. The topological polar surface area (TPSA) is 12.4 Å². The van der Waals surface area contributed by atoms with Crippen LogP contribution in [0.4, 0.5) is 0 Å². The molecular weight excluding hydrogens is 238 g/mol. The summed E-state index contributed by atoms with van der Waals surface area (Å²) in [6.45, 7) is 4.15. The summed E-state index contributed by atoms with van der Waals surface area (Å²) in [7, 11) is 0. The van der Waals surface area contributed by atoms with E-state index in [1.807, 2.05) is 0 Å². The molecule has 0 atom stereocenters. The fourth-order valence-electron chi connectivity index (χ4n) is 1.89. The van der Waals surface area contributed by atoms with E-state index in [0.29, 0.717) is 0 Å². The van der Waals surface area contributed by atoms with Crippen LogP contribution in [0.15, 0.2) is 53.5 Å². The number of rotatable bonds is 3. The molecule has 18 heavy (non-hydrogen) atoms. The Morgan fingerprint density at radius 1 is 0.833 bits per heavy atom. The standard InChI is InChI=1S/C16H15NS/c1-12-3-7-14(8-4-12)16(17-11-18)15-9-5-13(2)6-10-15/h3-10,16H,1-2H3. The Hall–Kier alpha value is -1.76. The van der Waals surface area contributed by atoms with Crippen molar-refractivity contribution in [1.29, 1.82) is 0 Å². The van der Waals surface area contributed by atoms with Gasteiger partial charge in [0.25, 0.3) is 0 Å². The highest BCUT2D eigenvalue weighted by Gasteiger charge is 2.11. The minimum atomic E-state index is -0.0521. The molecule has 0 N–H and O–H groups in total. The first kappa shape index (κ1) is 12.7. The molecule has 2 aromatic rings. The first-order chi connectivity index (χ1) is 8.70. The summed E-state index contributed by atoms with van der Waals surface area (Å²) in [6, 6.07) is 16.7. The van der Waals surface area contributed by atoms with Gasteiger partial charge in [0.15, 0.2) is 0 Å². The molecule has 2 rings (SSSR count). The van der Waals surface area contributed by atoms with Crippen molar-refractivity contribution in [3.63, 3.8) is 0 Å². The van der Waals surface area contributed by atoms with E-state index in [1.54, 1.807) is 0 Å². The zero-order valence-electron chi connectivity index (χ0n) is 10.6. The minimum Gasteiger partial charge on any atom is -0.219 e. The van der Waals surface area contributed by atoms with Crippen molar-refractivity contribution in [1.82, 2.24) is 0 Å². The lowest BCUT2D eigenvalue weighted by Gasteiger charge is -2.12. The van der Waals surface area contributed by atoms with E-state index in [0.717, 1.165) is 11.1 Å². The molecular formula is C16H15NS. The van der Waals surface area contributed by atoms with E-state index in [4.69, 9.17) is 12.2 Å². The summed E-state index contributed by atoms with van der Waals surface area (Å²) in [6.07, 6.45) is 0. The number of isothiocyanates is 1. The SMILES string of the molecule is Cc1ccc(C(N=C=S)c2ccc(C)cc2)cc1. The van der Waals surface area contributed by atoms with Gasteiger partial charge >= 0.3 is 0 Å². The molecule has 0 amide bonds. The monoisotopic (exact) mass is 253 g/mol. The van der Waals surface area contributed by atoms with Crippen LogP contribution in [0.1, 0.15) is 28.3 Å². The molecule has 0 radical (unpaired) electrons. The molecule has 0 fully saturated rings. The van der Waals surface area contributed by atoms with Crippen LogP contribution < -0.4 is 0 Å². The highest BCUT2D eigenvalue weighted by molar-refractivity contribution is 7.78. The van der Waals surface area contributed by atoms with Gasteiger partial charge in [-0.1, -0.05) is 59.7 Å². The van der Waals surface area contributed by atoms with E-state index in [2.05, 4.69) is 72.5 Å². The largest absolute Gasteiger partial charge is 0.219 e. The second kappa shape index (κ2) is 5.72. The molecule has 0 aliphatic heterocycles. The molecule has 0 aromatic heterocycles. The molecule has 90 valence electrons.